The Morgan fingerprint density at radius 1 is 1.07 bits per heavy atom. The molecule has 14 heteroatoms. The fraction of sp³-hybridized carbons (Fsp3) is 0.346. The second-order valence-corrected chi connectivity index (χ2v) is 12.2. The number of amides is 2. The summed E-state index contributed by atoms with van der Waals surface area (Å²) >= 11 is 0. The lowest BCUT2D eigenvalue weighted by Gasteiger charge is -2.34. The van der Waals surface area contributed by atoms with Crippen LogP contribution in [0.15, 0.2) is 41.3 Å². The van der Waals surface area contributed by atoms with Gasteiger partial charge in [0.15, 0.2) is 5.82 Å². The number of H-pyrrole nitrogens is 1. The largest absolute Gasteiger partial charge is 0.369 e. The van der Waals surface area contributed by atoms with Gasteiger partial charge in [-0.25, -0.2) is 17.2 Å². The minimum atomic E-state index is -4.32. The predicted octanol–water partition coefficient (Wildman–Crippen LogP) is 2.70. The Bertz CT molecular complexity index is 1560. The van der Waals surface area contributed by atoms with Gasteiger partial charge in [0.2, 0.25) is 16.4 Å². The Balaban J connectivity index is 1.40. The molecule has 0 radical (unpaired) electrons. The summed E-state index contributed by atoms with van der Waals surface area (Å²) in [5, 5.41) is 12.3. The number of halogens is 2. The lowest BCUT2D eigenvalue weighted by Crippen LogP contribution is -2.44. The third-order valence-electron chi connectivity index (χ3n) is 7.39. The first-order valence-electron chi connectivity index (χ1n) is 12.6. The maximum atomic E-state index is 13.8. The standard InChI is InChI=1S/C26H29F2N7O4S/c1-26(2)23-21(14-35(26)40(38,39)19-11-16(27)10-17(28)12-19)24(32-31-23)30-25(37)20-5-4-18(13-22(20)29-15-36)34-8-6-33(3)7-9-34/h4-5,10-13,15H,6-9,14H2,1-3H3,(H,29,36)(H2,30,31,32,37). The van der Waals surface area contributed by atoms with E-state index in [2.05, 4.69) is 30.6 Å². The van der Waals surface area contributed by atoms with E-state index in [0.29, 0.717) is 29.4 Å². The monoisotopic (exact) mass is 573 g/mol. The first kappa shape index (κ1) is 27.7. The first-order valence-corrected chi connectivity index (χ1v) is 14.0. The molecule has 5 rings (SSSR count). The quantitative estimate of drug-likeness (QED) is 0.371. The number of hydrogen-bond donors (Lipinski definition) is 3. The lowest BCUT2D eigenvalue weighted by atomic mass is 10.0. The van der Waals surface area contributed by atoms with Crippen LogP contribution in [-0.4, -0.2) is 73.4 Å². The van der Waals surface area contributed by atoms with Crippen molar-refractivity contribution in [3.05, 3.63) is 64.9 Å². The molecule has 0 atom stereocenters. The van der Waals surface area contributed by atoms with E-state index in [1.165, 1.54) is 0 Å². The highest BCUT2D eigenvalue weighted by Crippen LogP contribution is 2.44. The van der Waals surface area contributed by atoms with Gasteiger partial charge in [-0.2, -0.15) is 9.40 Å². The third kappa shape index (κ3) is 4.93. The van der Waals surface area contributed by atoms with Crippen molar-refractivity contribution in [3.8, 4) is 0 Å². The zero-order chi connectivity index (χ0) is 28.8. The number of sulfonamides is 1. The van der Waals surface area contributed by atoms with Crippen molar-refractivity contribution >= 4 is 39.5 Å². The summed E-state index contributed by atoms with van der Waals surface area (Å²) in [6.07, 6.45) is 0.493. The van der Waals surface area contributed by atoms with Crippen LogP contribution in [0.25, 0.3) is 0 Å². The molecule has 3 aromatic rings. The Morgan fingerprint density at radius 3 is 2.40 bits per heavy atom. The highest BCUT2D eigenvalue weighted by atomic mass is 32.2. The summed E-state index contributed by atoms with van der Waals surface area (Å²) in [5.74, 6) is -2.48. The van der Waals surface area contributed by atoms with Gasteiger partial charge in [0.25, 0.3) is 5.91 Å². The van der Waals surface area contributed by atoms with Crippen LogP contribution in [0, 0.1) is 11.6 Å². The molecule has 2 aliphatic rings. The average Bonchev–Trinajstić information content (AvgIpc) is 3.42. The van der Waals surface area contributed by atoms with E-state index < -0.39 is 38.0 Å². The van der Waals surface area contributed by atoms with Gasteiger partial charge in [-0.15, -0.1) is 0 Å². The number of rotatable bonds is 7. The molecule has 212 valence electrons. The Hall–Kier alpha value is -3.88. The molecule has 1 aromatic heterocycles. The van der Waals surface area contributed by atoms with E-state index in [-0.39, 0.29) is 17.9 Å². The van der Waals surface area contributed by atoms with E-state index in [1.54, 1.807) is 32.0 Å². The zero-order valence-electron chi connectivity index (χ0n) is 22.2. The molecule has 2 aromatic carbocycles. The number of aromatic nitrogens is 2. The number of benzene rings is 2. The summed E-state index contributed by atoms with van der Waals surface area (Å²) in [6.45, 7) is 6.44. The lowest BCUT2D eigenvalue weighted by molar-refractivity contribution is -0.105. The van der Waals surface area contributed by atoms with Gasteiger partial charge in [0, 0.05) is 50.0 Å². The van der Waals surface area contributed by atoms with Gasteiger partial charge in [-0.05, 0) is 51.2 Å². The Labute approximate surface area is 230 Å². The van der Waals surface area contributed by atoms with Crippen molar-refractivity contribution in [2.45, 2.75) is 30.8 Å². The molecule has 0 bridgehead atoms. The summed E-state index contributed by atoms with van der Waals surface area (Å²) in [5.41, 5.74) is 1.05. The van der Waals surface area contributed by atoms with Crippen molar-refractivity contribution < 1.29 is 26.8 Å². The van der Waals surface area contributed by atoms with Crippen LogP contribution in [0.4, 0.5) is 26.0 Å². The van der Waals surface area contributed by atoms with E-state index >= 15 is 0 Å². The van der Waals surface area contributed by atoms with Crippen molar-refractivity contribution in [1.82, 2.24) is 19.4 Å². The molecule has 0 saturated carbocycles. The van der Waals surface area contributed by atoms with Gasteiger partial charge in [0.05, 0.1) is 27.4 Å². The summed E-state index contributed by atoms with van der Waals surface area (Å²) in [7, 11) is -2.27. The van der Waals surface area contributed by atoms with Crippen LogP contribution in [0.2, 0.25) is 0 Å². The van der Waals surface area contributed by atoms with E-state index in [1.807, 2.05) is 7.05 Å². The third-order valence-corrected chi connectivity index (χ3v) is 9.39. The molecule has 0 unspecified atom stereocenters. The average molecular weight is 574 g/mol. The highest BCUT2D eigenvalue weighted by Gasteiger charge is 2.48. The van der Waals surface area contributed by atoms with Gasteiger partial charge in [-0.3, -0.25) is 14.7 Å². The molecule has 2 amide bonds. The topological polar surface area (TPSA) is 131 Å². The molecule has 0 aliphatic carbocycles. The molecule has 1 saturated heterocycles. The number of nitrogens with zero attached hydrogens (tertiary/aromatic N) is 4. The molecule has 40 heavy (non-hydrogen) atoms. The van der Waals surface area contributed by atoms with Crippen molar-refractivity contribution in [2.75, 3.05) is 48.8 Å². The van der Waals surface area contributed by atoms with Crippen LogP contribution < -0.4 is 15.5 Å². The SMILES string of the molecule is CN1CCN(c2ccc(C(=O)Nc3n[nH]c4c3CN(S(=O)(=O)c3cc(F)cc(F)c3)C4(C)C)c(NC=O)c2)CC1. The van der Waals surface area contributed by atoms with Crippen LogP contribution in [0.1, 0.15) is 35.5 Å². The highest BCUT2D eigenvalue weighted by molar-refractivity contribution is 7.89. The number of carbonyl (C=O) groups excluding carboxylic acids is 2. The van der Waals surface area contributed by atoms with E-state index in [9.17, 15) is 26.8 Å². The number of likely N-dealkylation sites (N-methyl/N-ethyl adjacent to an activating group) is 1. The smallest absolute Gasteiger partial charge is 0.258 e. The number of nitrogens with one attached hydrogen (secondary N) is 3. The molecule has 1 fully saturated rings. The summed E-state index contributed by atoms with van der Waals surface area (Å²) < 4.78 is 55.5. The Kier molecular flexibility index (Phi) is 7.10. The molecule has 2 aliphatic heterocycles. The van der Waals surface area contributed by atoms with Gasteiger partial charge in [0.1, 0.15) is 11.6 Å². The van der Waals surface area contributed by atoms with Crippen LogP contribution in [0.5, 0.6) is 0 Å². The van der Waals surface area contributed by atoms with Crippen molar-refractivity contribution in [1.29, 1.82) is 0 Å². The normalized spacial score (nSPS) is 17.5. The van der Waals surface area contributed by atoms with Gasteiger partial charge < -0.3 is 20.4 Å². The number of piperazine rings is 1. The van der Waals surface area contributed by atoms with Crippen LogP contribution >= 0.6 is 0 Å². The molecule has 3 heterocycles. The van der Waals surface area contributed by atoms with Gasteiger partial charge >= 0.3 is 0 Å². The number of anilines is 3. The Morgan fingerprint density at radius 2 is 1.75 bits per heavy atom. The minimum Gasteiger partial charge on any atom is -0.369 e. The maximum Gasteiger partial charge on any atom is 0.258 e. The molecular weight excluding hydrogens is 544 g/mol. The maximum absolute atomic E-state index is 13.8. The van der Waals surface area contributed by atoms with Crippen LogP contribution in [-0.2, 0) is 26.9 Å². The van der Waals surface area contributed by atoms with Crippen molar-refractivity contribution in [2.24, 2.45) is 0 Å². The number of aromatic amines is 1. The molecular formula is C26H29F2N7O4S. The van der Waals surface area contributed by atoms with E-state index in [0.717, 1.165) is 48.3 Å². The van der Waals surface area contributed by atoms with Crippen LogP contribution in [0.3, 0.4) is 0 Å². The predicted molar refractivity (Wildman–Crippen MR) is 144 cm³/mol. The molecule has 3 N–H and O–H groups in total. The molecule has 11 nitrogen and oxygen atoms in total. The van der Waals surface area contributed by atoms with Gasteiger partial charge in [-0.1, -0.05) is 0 Å². The fourth-order valence-corrected chi connectivity index (χ4v) is 6.90. The zero-order valence-corrected chi connectivity index (χ0v) is 23.0. The second kappa shape index (κ2) is 10.3. The summed E-state index contributed by atoms with van der Waals surface area (Å²) in [6, 6.07) is 7.27. The second-order valence-electron chi connectivity index (χ2n) is 10.3. The minimum absolute atomic E-state index is 0.108. The van der Waals surface area contributed by atoms with E-state index in [4.69, 9.17) is 0 Å². The summed E-state index contributed by atoms with van der Waals surface area (Å²) in [4.78, 5) is 28.5. The first-order chi connectivity index (χ1) is 18.9. The number of hydrogen-bond acceptors (Lipinski definition) is 7. The number of carbonyl (C=O) groups is 2. The van der Waals surface area contributed by atoms with Crippen molar-refractivity contribution in [3.63, 3.8) is 0 Å². The fourth-order valence-electron chi connectivity index (χ4n) is 5.13. The molecule has 0 spiro atoms. The number of fused-ring (bicyclic) bond motifs is 1.